The molecule has 6 nitrogen and oxygen atoms in total. The Kier molecular flexibility index (Phi) is 7.26. The number of carbonyl (C=O) groups is 2. The standard InChI is InChI=1S/C29H33N3O3/c33-28-13-6-16-31(28)19-20-35-27-12-2-1-9-25(27)29(34)32-17-5-7-22(14-18-32)21-23-8-3-11-26-24(23)10-4-15-30-26/h1-4,8-12,15,22H,5-7,13-14,16-21H2/t22-/m0/s1. The lowest BCUT2D eigenvalue weighted by Crippen LogP contribution is -2.33. The first-order chi connectivity index (χ1) is 17.2. The van der Waals surface area contributed by atoms with Crippen LogP contribution in [0.5, 0.6) is 5.75 Å². The van der Waals surface area contributed by atoms with E-state index in [0.717, 1.165) is 57.3 Å². The van der Waals surface area contributed by atoms with Crippen molar-refractivity contribution in [3.8, 4) is 5.75 Å². The monoisotopic (exact) mass is 471 g/mol. The van der Waals surface area contributed by atoms with Crippen molar-refractivity contribution in [3.05, 3.63) is 71.9 Å². The van der Waals surface area contributed by atoms with Gasteiger partial charge in [0.15, 0.2) is 0 Å². The zero-order valence-electron chi connectivity index (χ0n) is 20.2. The summed E-state index contributed by atoms with van der Waals surface area (Å²) in [5, 5.41) is 1.23. The highest BCUT2D eigenvalue weighted by atomic mass is 16.5. The highest BCUT2D eigenvalue weighted by Crippen LogP contribution is 2.27. The number of para-hydroxylation sites is 1. The minimum absolute atomic E-state index is 0.0351. The fourth-order valence-corrected chi connectivity index (χ4v) is 5.37. The Labute approximate surface area is 206 Å². The molecule has 2 aromatic carbocycles. The number of hydrogen-bond donors (Lipinski definition) is 0. The van der Waals surface area contributed by atoms with Crippen molar-refractivity contribution in [2.24, 2.45) is 5.92 Å². The molecule has 1 atom stereocenters. The first-order valence-corrected chi connectivity index (χ1v) is 12.8. The number of aromatic nitrogens is 1. The van der Waals surface area contributed by atoms with E-state index in [9.17, 15) is 9.59 Å². The van der Waals surface area contributed by atoms with E-state index in [4.69, 9.17) is 4.74 Å². The second kappa shape index (κ2) is 10.9. The zero-order valence-corrected chi connectivity index (χ0v) is 20.2. The minimum Gasteiger partial charge on any atom is -0.491 e. The fraction of sp³-hybridized carbons (Fsp3) is 0.414. The minimum atomic E-state index is 0.0351. The molecule has 2 fully saturated rings. The highest BCUT2D eigenvalue weighted by molar-refractivity contribution is 5.97. The van der Waals surface area contributed by atoms with Crippen molar-refractivity contribution in [2.75, 3.05) is 32.8 Å². The van der Waals surface area contributed by atoms with Gasteiger partial charge in [0.1, 0.15) is 12.4 Å². The maximum Gasteiger partial charge on any atom is 0.257 e. The van der Waals surface area contributed by atoms with Crippen LogP contribution in [0.2, 0.25) is 0 Å². The zero-order chi connectivity index (χ0) is 24.0. The van der Waals surface area contributed by atoms with Crippen LogP contribution in [0.15, 0.2) is 60.8 Å². The molecule has 3 heterocycles. The lowest BCUT2D eigenvalue weighted by atomic mass is 9.91. The summed E-state index contributed by atoms with van der Waals surface area (Å²) in [5.74, 6) is 1.38. The van der Waals surface area contributed by atoms with Crippen LogP contribution in [0.1, 0.15) is 48.0 Å². The molecule has 6 heteroatoms. The van der Waals surface area contributed by atoms with Gasteiger partial charge in [-0.3, -0.25) is 14.6 Å². The first kappa shape index (κ1) is 23.3. The van der Waals surface area contributed by atoms with Gasteiger partial charge in [-0.2, -0.15) is 0 Å². The normalized spacial score (nSPS) is 18.6. The molecular formula is C29H33N3O3. The smallest absolute Gasteiger partial charge is 0.257 e. The number of hydrogen-bond acceptors (Lipinski definition) is 4. The molecule has 35 heavy (non-hydrogen) atoms. The van der Waals surface area contributed by atoms with Gasteiger partial charge in [0.2, 0.25) is 5.91 Å². The van der Waals surface area contributed by atoms with E-state index >= 15 is 0 Å². The Morgan fingerprint density at radius 2 is 1.89 bits per heavy atom. The molecule has 2 amide bonds. The van der Waals surface area contributed by atoms with Crippen LogP contribution in [0.3, 0.4) is 0 Å². The van der Waals surface area contributed by atoms with Gasteiger partial charge >= 0.3 is 0 Å². The number of fused-ring (bicyclic) bond motifs is 1. The summed E-state index contributed by atoms with van der Waals surface area (Å²) in [6, 6.07) is 18.0. The van der Waals surface area contributed by atoms with Crippen LogP contribution in [0.4, 0.5) is 0 Å². The molecule has 2 aliphatic rings. The van der Waals surface area contributed by atoms with Crippen molar-refractivity contribution >= 4 is 22.7 Å². The van der Waals surface area contributed by atoms with Crippen LogP contribution < -0.4 is 4.74 Å². The number of nitrogens with zero attached hydrogens (tertiary/aromatic N) is 3. The number of benzene rings is 2. The van der Waals surface area contributed by atoms with E-state index in [1.165, 1.54) is 10.9 Å². The molecule has 0 saturated carbocycles. The van der Waals surface area contributed by atoms with Crippen LogP contribution in [0.25, 0.3) is 10.9 Å². The SMILES string of the molecule is O=C1CCCN1CCOc1ccccc1C(=O)N1CCC[C@H](Cc2cccc3ncccc23)CC1. The molecule has 1 aromatic heterocycles. The first-order valence-electron chi connectivity index (χ1n) is 12.8. The molecule has 2 saturated heterocycles. The number of ether oxygens (including phenoxy) is 1. The van der Waals surface area contributed by atoms with Gasteiger partial charge in [0.25, 0.3) is 5.91 Å². The molecule has 3 aromatic rings. The van der Waals surface area contributed by atoms with Crippen LogP contribution >= 0.6 is 0 Å². The van der Waals surface area contributed by atoms with E-state index < -0.39 is 0 Å². The second-order valence-corrected chi connectivity index (χ2v) is 9.61. The Balaban J connectivity index is 1.20. The van der Waals surface area contributed by atoms with Crippen LogP contribution in [0, 0.1) is 5.92 Å². The van der Waals surface area contributed by atoms with Crippen molar-refractivity contribution in [1.82, 2.24) is 14.8 Å². The number of likely N-dealkylation sites (tertiary alicyclic amines) is 2. The number of rotatable bonds is 7. The predicted molar refractivity (Wildman–Crippen MR) is 136 cm³/mol. The van der Waals surface area contributed by atoms with E-state index in [2.05, 4.69) is 29.2 Å². The van der Waals surface area contributed by atoms with Crippen molar-refractivity contribution in [3.63, 3.8) is 0 Å². The summed E-state index contributed by atoms with van der Waals surface area (Å²) >= 11 is 0. The molecule has 0 unspecified atom stereocenters. The molecule has 0 spiro atoms. The maximum absolute atomic E-state index is 13.5. The summed E-state index contributed by atoms with van der Waals surface area (Å²) in [6.45, 7) is 3.29. The van der Waals surface area contributed by atoms with Gasteiger partial charge in [-0.1, -0.05) is 30.3 Å². The Bertz CT molecular complexity index is 1190. The van der Waals surface area contributed by atoms with Gasteiger partial charge < -0.3 is 14.5 Å². The van der Waals surface area contributed by atoms with Crippen LogP contribution in [-0.4, -0.2) is 59.4 Å². The molecule has 182 valence electrons. The molecule has 5 rings (SSSR count). The van der Waals surface area contributed by atoms with Gasteiger partial charge in [-0.25, -0.2) is 0 Å². The van der Waals surface area contributed by atoms with Crippen LogP contribution in [-0.2, 0) is 11.2 Å². The molecular weight excluding hydrogens is 438 g/mol. The third-order valence-corrected chi connectivity index (χ3v) is 7.29. The van der Waals surface area contributed by atoms with Crippen molar-refractivity contribution in [1.29, 1.82) is 0 Å². The fourth-order valence-electron chi connectivity index (χ4n) is 5.37. The summed E-state index contributed by atoms with van der Waals surface area (Å²) in [6.07, 6.45) is 7.50. The Morgan fingerprint density at radius 1 is 0.971 bits per heavy atom. The Morgan fingerprint density at radius 3 is 2.77 bits per heavy atom. The largest absolute Gasteiger partial charge is 0.491 e. The quantitative estimate of drug-likeness (QED) is 0.500. The van der Waals surface area contributed by atoms with Gasteiger partial charge in [0, 0.05) is 37.6 Å². The van der Waals surface area contributed by atoms with Gasteiger partial charge in [0.05, 0.1) is 17.6 Å². The average Bonchev–Trinajstić information content (AvgIpc) is 3.15. The third-order valence-electron chi connectivity index (χ3n) is 7.29. The second-order valence-electron chi connectivity index (χ2n) is 9.61. The number of pyridine rings is 1. The predicted octanol–water partition coefficient (Wildman–Crippen LogP) is 4.72. The summed E-state index contributed by atoms with van der Waals surface area (Å²) < 4.78 is 5.98. The molecule has 0 N–H and O–H groups in total. The lowest BCUT2D eigenvalue weighted by molar-refractivity contribution is -0.128. The summed E-state index contributed by atoms with van der Waals surface area (Å²) in [5.41, 5.74) is 3.00. The van der Waals surface area contributed by atoms with Gasteiger partial charge in [-0.15, -0.1) is 0 Å². The average molecular weight is 472 g/mol. The topological polar surface area (TPSA) is 62.7 Å². The third kappa shape index (κ3) is 5.47. The highest BCUT2D eigenvalue weighted by Gasteiger charge is 2.25. The molecule has 0 aliphatic carbocycles. The summed E-state index contributed by atoms with van der Waals surface area (Å²) in [7, 11) is 0. The molecule has 0 radical (unpaired) electrons. The van der Waals surface area contributed by atoms with E-state index in [0.29, 0.717) is 36.8 Å². The van der Waals surface area contributed by atoms with E-state index in [1.54, 1.807) is 0 Å². The molecule has 0 bridgehead atoms. The van der Waals surface area contributed by atoms with Crippen molar-refractivity contribution < 1.29 is 14.3 Å². The number of amides is 2. The molecule has 2 aliphatic heterocycles. The Hall–Kier alpha value is -3.41. The van der Waals surface area contributed by atoms with E-state index in [1.807, 2.05) is 46.3 Å². The summed E-state index contributed by atoms with van der Waals surface area (Å²) in [4.78, 5) is 33.6. The number of carbonyl (C=O) groups excluding carboxylic acids is 2. The van der Waals surface area contributed by atoms with E-state index in [-0.39, 0.29) is 11.8 Å². The maximum atomic E-state index is 13.5. The van der Waals surface area contributed by atoms with Gasteiger partial charge in [-0.05, 0) is 67.9 Å². The van der Waals surface area contributed by atoms with Crippen molar-refractivity contribution in [2.45, 2.75) is 38.5 Å². The lowest BCUT2D eigenvalue weighted by Gasteiger charge is -2.23.